The molecule has 1 aliphatic heterocycles. The molecule has 2 aliphatic rings. The highest BCUT2D eigenvalue weighted by molar-refractivity contribution is 5.31. The van der Waals surface area contributed by atoms with Crippen molar-refractivity contribution in [2.24, 2.45) is 17.6 Å². The van der Waals surface area contributed by atoms with Gasteiger partial charge in [-0.25, -0.2) is 0 Å². The second kappa shape index (κ2) is 5.02. The predicted molar refractivity (Wildman–Crippen MR) is 73.3 cm³/mol. The van der Waals surface area contributed by atoms with E-state index in [0.717, 1.165) is 25.4 Å². The fourth-order valence-electron chi connectivity index (χ4n) is 3.11. The van der Waals surface area contributed by atoms with E-state index in [4.69, 9.17) is 10.5 Å². The molecule has 0 radical (unpaired) electrons. The molecular formula is C16H23NO. The lowest BCUT2D eigenvalue weighted by molar-refractivity contribution is 0.0278. The average Bonchev–Trinajstić information content (AvgIpc) is 3.22. The van der Waals surface area contributed by atoms with Gasteiger partial charge in [-0.15, -0.1) is 0 Å². The highest BCUT2D eigenvalue weighted by Gasteiger charge is 2.33. The van der Waals surface area contributed by atoms with Crippen LogP contribution >= 0.6 is 0 Å². The third-order valence-corrected chi connectivity index (χ3v) is 4.62. The largest absolute Gasteiger partial charge is 0.373 e. The van der Waals surface area contributed by atoms with E-state index >= 15 is 0 Å². The molecule has 3 unspecified atom stereocenters. The molecule has 3 atom stereocenters. The number of rotatable bonds is 4. The van der Waals surface area contributed by atoms with Crippen molar-refractivity contribution in [3.05, 3.63) is 35.4 Å². The Bertz CT molecular complexity index is 413. The molecule has 1 aromatic rings. The normalized spacial score (nSPS) is 26.4. The number of nitrogens with two attached hydrogens (primary N) is 1. The summed E-state index contributed by atoms with van der Waals surface area (Å²) in [5, 5.41) is 0. The van der Waals surface area contributed by atoms with Crippen LogP contribution in [0.5, 0.6) is 0 Å². The van der Waals surface area contributed by atoms with Gasteiger partial charge in [-0.05, 0) is 48.6 Å². The first kappa shape index (κ1) is 12.2. The molecule has 2 nitrogen and oxygen atoms in total. The number of fused-ring (bicyclic) bond motifs is 1. The van der Waals surface area contributed by atoms with Crippen LogP contribution < -0.4 is 5.73 Å². The van der Waals surface area contributed by atoms with Crippen LogP contribution in [0.1, 0.15) is 43.4 Å². The van der Waals surface area contributed by atoms with Crippen molar-refractivity contribution in [3.8, 4) is 0 Å². The zero-order chi connectivity index (χ0) is 12.5. The monoisotopic (exact) mass is 245 g/mol. The van der Waals surface area contributed by atoms with Crippen LogP contribution in [0, 0.1) is 11.8 Å². The second-order valence-electron chi connectivity index (χ2n) is 5.90. The van der Waals surface area contributed by atoms with Crippen LogP contribution in [0.25, 0.3) is 0 Å². The van der Waals surface area contributed by atoms with Crippen LogP contribution in [0.15, 0.2) is 24.3 Å². The highest BCUT2D eigenvalue weighted by atomic mass is 16.5. The van der Waals surface area contributed by atoms with Gasteiger partial charge in [0.15, 0.2) is 0 Å². The van der Waals surface area contributed by atoms with Crippen molar-refractivity contribution < 1.29 is 4.74 Å². The van der Waals surface area contributed by atoms with E-state index in [1.54, 1.807) is 0 Å². The molecule has 0 spiro atoms. The summed E-state index contributed by atoms with van der Waals surface area (Å²) >= 11 is 0. The minimum atomic E-state index is 0.214. The Labute approximate surface area is 110 Å². The van der Waals surface area contributed by atoms with Crippen LogP contribution in [0.4, 0.5) is 0 Å². The summed E-state index contributed by atoms with van der Waals surface area (Å²) in [6.45, 7) is 3.14. The quantitative estimate of drug-likeness (QED) is 0.885. The van der Waals surface area contributed by atoms with Crippen molar-refractivity contribution in [1.82, 2.24) is 0 Å². The Morgan fingerprint density at radius 1 is 1.33 bits per heavy atom. The molecule has 1 aromatic carbocycles. The van der Waals surface area contributed by atoms with E-state index in [-0.39, 0.29) is 12.1 Å². The van der Waals surface area contributed by atoms with Gasteiger partial charge in [-0.2, -0.15) is 0 Å². The molecule has 2 N–H and O–H groups in total. The molecule has 3 rings (SSSR count). The Hall–Kier alpha value is -0.860. The molecule has 1 saturated carbocycles. The highest BCUT2D eigenvalue weighted by Crippen LogP contribution is 2.40. The smallest absolute Gasteiger partial charge is 0.0842 e. The van der Waals surface area contributed by atoms with Crippen LogP contribution in [0.2, 0.25) is 0 Å². The Balaban J connectivity index is 1.69. The second-order valence-corrected chi connectivity index (χ2v) is 5.90. The number of hydrogen-bond donors (Lipinski definition) is 1. The van der Waals surface area contributed by atoms with Gasteiger partial charge in [-0.3, -0.25) is 0 Å². The molecular weight excluding hydrogens is 222 g/mol. The van der Waals surface area contributed by atoms with E-state index in [0.29, 0.717) is 5.92 Å². The van der Waals surface area contributed by atoms with Gasteiger partial charge in [0.1, 0.15) is 0 Å². The molecule has 98 valence electrons. The van der Waals surface area contributed by atoms with Gasteiger partial charge in [-0.1, -0.05) is 31.2 Å². The first-order chi connectivity index (χ1) is 8.75. The lowest BCUT2D eigenvalue weighted by atomic mass is 9.88. The van der Waals surface area contributed by atoms with E-state index in [2.05, 4.69) is 31.2 Å². The number of benzene rings is 1. The summed E-state index contributed by atoms with van der Waals surface area (Å²) in [4.78, 5) is 0. The summed E-state index contributed by atoms with van der Waals surface area (Å²) in [7, 11) is 0. The van der Waals surface area contributed by atoms with Crippen LogP contribution in [0.3, 0.4) is 0 Å². The lowest BCUT2D eigenvalue weighted by Crippen LogP contribution is -2.33. The molecule has 0 aromatic heterocycles. The standard InChI is InChI=1S/C16H23NO/c1-11(12-6-7-12)15(17)10-16-14-5-3-2-4-13(14)8-9-18-16/h2-5,11-12,15-16H,6-10,17H2,1H3. The zero-order valence-corrected chi connectivity index (χ0v) is 11.1. The van der Waals surface area contributed by atoms with Crippen molar-refractivity contribution in [2.45, 2.75) is 44.8 Å². The van der Waals surface area contributed by atoms with E-state index < -0.39 is 0 Å². The van der Waals surface area contributed by atoms with Gasteiger partial charge >= 0.3 is 0 Å². The third kappa shape index (κ3) is 2.45. The number of ether oxygens (including phenoxy) is 1. The molecule has 0 bridgehead atoms. The topological polar surface area (TPSA) is 35.2 Å². The van der Waals surface area contributed by atoms with E-state index in [1.807, 2.05) is 0 Å². The fourth-order valence-corrected chi connectivity index (χ4v) is 3.11. The van der Waals surface area contributed by atoms with Crippen molar-refractivity contribution >= 4 is 0 Å². The first-order valence-corrected chi connectivity index (χ1v) is 7.20. The lowest BCUT2D eigenvalue weighted by Gasteiger charge is -2.30. The van der Waals surface area contributed by atoms with Gasteiger partial charge in [0.05, 0.1) is 12.7 Å². The summed E-state index contributed by atoms with van der Waals surface area (Å²) in [6, 6.07) is 8.92. The minimum absolute atomic E-state index is 0.214. The molecule has 18 heavy (non-hydrogen) atoms. The minimum Gasteiger partial charge on any atom is -0.373 e. The summed E-state index contributed by atoms with van der Waals surface area (Å²) < 4.78 is 5.95. The maximum Gasteiger partial charge on any atom is 0.0842 e. The van der Waals surface area contributed by atoms with Gasteiger partial charge < -0.3 is 10.5 Å². The van der Waals surface area contributed by atoms with Crippen molar-refractivity contribution in [2.75, 3.05) is 6.61 Å². The van der Waals surface area contributed by atoms with Gasteiger partial charge in [0, 0.05) is 6.04 Å². The SMILES string of the molecule is CC(C(N)CC1OCCc2ccccc21)C1CC1. The Morgan fingerprint density at radius 2 is 2.11 bits per heavy atom. The van der Waals surface area contributed by atoms with Gasteiger partial charge in [0.2, 0.25) is 0 Å². The molecule has 1 heterocycles. The average molecular weight is 245 g/mol. The summed E-state index contributed by atoms with van der Waals surface area (Å²) in [6.07, 6.45) is 4.97. The zero-order valence-electron chi connectivity index (χ0n) is 11.1. The molecule has 1 fully saturated rings. The van der Waals surface area contributed by atoms with Crippen molar-refractivity contribution in [1.29, 1.82) is 0 Å². The first-order valence-electron chi connectivity index (χ1n) is 7.20. The fraction of sp³-hybridized carbons (Fsp3) is 0.625. The maximum absolute atomic E-state index is 6.37. The third-order valence-electron chi connectivity index (χ3n) is 4.62. The Kier molecular flexibility index (Phi) is 3.40. The molecule has 0 saturated heterocycles. The maximum atomic E-state index is 6.37. The van der Waals surface area contributed by atoms with Crippen molar-refractivity contribution in [3.63, 3.8) is 0 Å². The molecule has 0 amide bonds. The van der Waals surface area contributed by atoms with Crippen LogP contribution in [-0.2, 0) is 11.2 Å². The summed E-state index contributed by atoms with van der Waals surface area (Å²) in [5.74, 6) is 1.52. The van der Waals surface area contributed by atoms with Crippen LogP contribution in [-0.4, -0.2) is 12.6 Å². The van der Waals surface area contributed by atoms with E-state index in [1.165, 1.54) is 24.0 Å². The summed E-state index contributed by atoms with van der Waals surface area (Å²) in [5.41, 5.74) is 9.17. The van der Waals surface area contributed by atoms with E-state index in [9.17, 15) is 0 Å². The Morgan fingerprint density at radius 3 is 2.89 bits per heavy atom. The van der Waals surface area contributed by atoms with Gasteiger partial charge in [0.25, 0.3) is 0 Å². The molecule has 1 aliphatic carbocycles. The number of hydrogen-bond acceptors (Lipinski definition) is 2. The molecule has 2 heteroatoms. The predicted octanol–water partition coefficient (Wildman–Crippen LogP) is 3.06.